The van der Waals surface area contributed by atoms with E-state index < -0.39 is 0 Å². The molecule has 76 valence electrons. The molecule has 0 aromatic carbocycles. The van der Waals surface area contributed by atoms with Crippen molar-refractivity contribution in [3.8, 4) is 0 Å². The lowest BCUT2D eigenvalue weighted by atomic mass is 10.2. The molecule has 1 aromatic heterocycles. The molecule has 5 heteroatoms. The second kappa shape index (κ2) is 3.79. The molecule has 2 heterocycles. The fourth-order valence-electron chi connectivity index (χ4n) is 1.41. The molecule has 0 saturated carbocycles. The standard InChI is InChI=1S/C9H12N2O3/c1-7-6-14-10-8(7)9(12)11-2-4-13-5-3-11/h6H,2-5H2,1H3. The quantitative estimate of drug-likeness (QED) is 0.654. The van der Waals surface area contributed by atoms with E-state index in [0.717, 1.165) is 5.56 Å². The molecule has 1 amide bonds. The summed E-state index contributed by atoms with van der Waals surface area (Å²) >= 11 is 0. The zero-order valence-corrected chi connectivity index (χ0v) is 8.02. The minimum absolute atomic E-state index is 0.0699. The van der Waals surface area contributed by atoms with E-state index in [1.807, 2.05) is 6.92 Å². The Hall–Kier alpha value is -1.36. The van der Waals surface area contributed by atoms with Crippen LogP contribution in [0.1, 0.15) is 16.1 Å². The van der Waals surface area contributed by atoms with Gasteiger partial charge in [-0.3, -0.25) is 4.79 Å². The number of carbonyl (C=O) groups excluding carboxylic acids is 1. The van der Waals surface area contributed by atoms with Crippen LogP contribution in [0.25, 0.3) is 0 Å². The molecular formula is C9H12N2O3. The maximum Gasteiger partial charge on any atom is 0.276 e. The van der Waals surface area contributed by atoms with Crippen LogP contribution in [0.15, 0.2) is 10.8 Å². The van der Waals surface area contributed by atoms with E-state index in [9.17, 15) is 4.79 Å². The van der Waals surface area contributed by atoms with Gasteiger partial charge in [0.25, 0.3) is 5.91 Å². The zero-order valence-electron chi connectivity index (χ0n) is 8.02. The summed E-state index contributed by atoms with van der Waals surface area (Å²) in [5.41, 5.74) is 1.19. The second-order valence-electron chi connectivity index (χ2n) is 3.25. The predicted octanol–water partition coefficient (Wildman–Crippen LogP) is 0.455. The van der Waals surface area contributed by atoms with Crippen molar-refractivity contribution in [1.29, 1.82) is 0 Å². The Morgan fingerprint density at radius 2 is 2.21 bits per heavy atom. The summed E-state index contributed by atoms with van der Waals surface area (Å²) in [6.45, 7) is 4.27. The summed E-state index contributed by atoms with van der Waals surface area (Å²) in [4.78, 5) is 13.6. The van der Waals surface area contributed by atoms with Gasteiger partial charge in [-0.25, -0.2) is 0 Å². The van der Waals surface area contributed by atoms with Crippen LogP contribution in [0.5, 0.6) is 0 Å². The van der Waals surface area contributed by atoms with Crippen LogP contribution < -0.4 is 0 Å². The summed E-state index contributed by atoms with van der Waals surface area (Å²) in [7, 11) is 0. The van der Waals surface area contributed by atoms with Gasteiger partial charge in [0, 0.05) is 18.7 Å². The molecule has 0 aliphatic carbocycles. The topological polar surface area (TPSA) is 55.6 Å². The highest BCUT2D eigenvalue weighted by atomic mass is 16.5. The smallest absolute Gasteiger partial charge is 0.276 e. The van der Waals surface area contributed by atoms with Crippen LogP contribution in [0.4, 0.5) is 0 Å². The highest BCUT2D eigenvalue weighted by Crippen LogP contribution is 2.09. The Morgan fingerprint density at radius 3 is 2.79 bits per heavy atom. The first-order valence-electron chi connectivity index (χ1n) is 4.57. The fourth-order valence-corrected chi connectivity index (χ4v) is 1.41. The van der Waals surface area contributed by atoms with Crippen LogP contribution in [-0.2, 0) is 4.74 Å². The molecule has 5 nitrogen and oxygen atoms in total. The van der Waals surface area contributed by atoms with Gasteiger partial charge in [0.1, 0.15) is 6.26 Å². The van der Waals surface area contributed by atoms with Gasteiger partial charge in [-0.1, -0.05) is 5.16 Å². The number of ether oxygens (including phenoxy) is 1. The SMILES string of the molecule is Cc1conc1C(=O)N1CCOCC1. The molecule has 1 aliphatic heterocycles. The van der Waals surface area contributed by atoms with Gasteiger partial charge in [-0.2, -0.15) is 0 Å². The lowest BCUT2D eigenvalue weighted by Crippen LogP contribution is -2.41. The third-order valence-corrected chi connectivity index (χ3v) is 2.25. The molecule has 2 rings (SSSR count). The fraction of sp³-hybridized carbons (Fsp3) is 0.556. The summed E-state index contributed by atoms with van der Waals surface area (Å²) < 4.78 is 9.89. The van der Waals surface area contributed by atoms with Crippen LogP contribution in [-0.4, -0.2) is 42.3 Å². The largest absolute Gasteiger partial charge is 0.378 e. The van der Waals surface area contributed by atoms with E-state index in [-0.39, 0.29) is 5.91 Å². The first-order chi connectivity index (χ1) is 6.79. The number of aryl methyl sites for hydroxylation is 1. The highest BCUT2D eigenvalue weighted by Gasteiger charge is 2.22. The third-order valence-electron chi connectivity index (χ3n) is 2.25. The molecule has 1 aromatic rings. The van der Waals surface area contributed by atoms with Crippen molar-refractivity contribution in [2.75, 3.05) is 26.3 Å². The molecular weight excluding hydrogens is 184 g/mol. The molecule has 0 bridgehead atoms. The molecule has 1 aliphatic rings. The average Bonchev–Trinajstić information content (AvgIpc) is 2.65. The van der Waals surface area contributed by atoms with Crippen molar-refractivity contribution >= 4 is 5.91 Å². The van der Waals surface area contributed by atoms with Gasteiger partial charge in [0.05, 0.1) is 13.2 Å². The van der Waals surface area contributed by atoms with Crippen molar-refractivity contribution in [3.05, 3.63) is 17.5 Å². The number of nitrogens with zero attached hydrogens (tertiary/aromatic N) is 2. The summed E-state index contributed by atoms with van der Waals surface area (Å²) in [5, 5.41) is 3.68. The minimum atomic E-state index is -0.0699. The number of carbonyl (C=O) groups is 1. The average molecular weight is 196 g/mol. The maximum absolute atomic E-state index is 11.8. The second-order valence-corrected chi connectivity index (χ2v) is 3.25. The number of amides is 1. The van der Waals surface area contributed by atoms with Gasteiger partial charge in [-0.15, -0.1) is 0 Å². The first-order valence-corrected chi connectivity index (χ1v) is 4.57. The number of hydrogen-bond donors (Lipinski definition) is 0. The van der Waals surface area contributed by atoms with Crippen molar-refractivity contribution in [2.45, 2.75) is 6.92 Å². The summed E-state index contributed by atoms with van der Waals surface area (Å²) in [6.07, 6.45) is 1.48. The van der Waals surface area contributed by atoms with Gasteiger partial charge < -0.3 is 14.2 Å². The van der Waals surface area contributed by atoms with Crippen LogP contribution >= 0.6 is 0 Å². The molecule has 14 heavy (non-hydrogen) atoms. The summed E-state index contributed by atoms with van der Waals surface area (Å²) in [6, 6.07) is 0. The first kappa shape index (κ1) is 9.21. The van der Waals surface area contributed by atoms with E-state index in [4.69, 9.17) is 9.26 Å². The van der Waals surface area contributed by atoms with Crippen LogP contribution in [0.3, 0.4) is 0 Å². The van der Waals surface area contributed by atoms with E-state index in [0.29, 0.717) is 32.0 Å². The van der Waals surface area contributed by atoms with Gasteiger partial charge in [0.15, 0.2) is 5.69 Å². The van der Waals surface area contributed by atoms with Gasteiger partial charge >= 0.3 is 0 Å². The predicted molar refractivity (Wildman–Crippen MR) is 48.0 cm³/mol. The Balaban J connectivity index is 2.11. The lowest BCUT2D eigenvalue weighted by Gasteiger charge is -2.25. The summed E-state index contributed by atoms with van der Waals surface area (Å²) in [5.74, 6) is -0.0699. The number of hydrogen-bond acceptors (Lipinski definition) is 4. The molecule has 0 spiro atoms. The Morgan fingerprint density at radius 1 is 1.50 bits per heavy atom. The molecule has 1 fully saturated rings. The van der Waals surface area contributed by atoms with E-state index in [2.05, 4.69) is 5.16 Å². The monoisotopic (exact) mass is 196 g/mol. The maximum atomic E-state index is 11.8. The van der Waals surface area contributed by atoms with E-state index >= 15 is 0 Å². The van der Waals surface area contributed by atoms with Crippen molar-refractivity contribution in [3.63, 3.8) is 0 Å². The minimum Gasteiger partial charge on any atom is -0.378 e. The molecule has 0 N–H and O–H groups in total. The number of morpholine rings is 1. The van der Waals surface area contributed by atoms with Gasteiger partial charge in [-0.05, 0) is 6.92 Å². The van der Waals surface area contributed by atoms with Gasteiger partial charge in [0.2, 0.25) is 0 Å². The van der Waals surface area contributed by atoms with Crippen molar-refractivity contribution < 1.29 is 14.1 Å². The van der Waals surface area contributed by atoms with Crippen LogP contribution in [0.2, 0.25) is 0 Å². The number of aromatic nitrogens is 1. The molecule has 0 radical (unpaired) electrons. The Labute approximate surface area is 81.6 Å². The van der Waals surface area contributed by atoms with Crippen molar-refractivity contribution in [1.82, 2.24) is 10.1 Å². The molecule has 0 unspecified atom stereocenters. The Bertz CT molecular complexity index is 329. The normalized spacial score (nSPS) is 17.1. The molecule has 1 saturated heterocycles. The lowest BCUT2D eigenvalue weighted by molar-refractivity contribution is 0.0296. The zero-order chi connectivity index (χ0) is 9.97. The Kier molecular flexibility index (Phi) is 2.49. The third kappa shape index (κ3) is 1.63. The number of rotatable bonds is 1. The van der Waals surface area contributed by atoms with Crippen molar-refractivity contribution in [2.24, 2.45) is 0 Å². The molecule has 0 atom stereocenters. The highest BCUT2D eigenvalue weighted by molar-refractivity contribution is 5.93. The van der Waals surface area contributed by atoms with E-state index in [1.54, 1.807) is 4.90 Å². The van der Waals surface area contributed by atoms with Crippen LogP contribution in [0, 0.1) is 6.92 Å². The van der Waals surface area contributed by atoms with E-state index in [1.165, 1.54) is 6.26 Å².